The number of rotatable bonds is 4. The molecule has 0 aliphatic rings. The highest BCUT2D eigenvalue weighted by molar-refractivity contribution is 5.85. The summed E-state index contributed by atoms with van der Waals surface area (Å²) in [7, 11) is 0. The first-order valence-electron chi connectivity index (χ1n) is 7.88. The Morgan fingerprint density at radius 3 is 1.25 bits per heavy atom. The minimum atomic E-state index is 0. The molecule has 0 bridgehead atoms. The highest BCUT2D eigenvalue weighted by Gasteiger charge is 2.09. The van der Waals surface area contributed by atoms with E-state index in [0.717, 1.165) is 17.1 Å². The molecule has 0 saturated heterocycles. The molecule has 24 heavy (non-hydrogen) atoms. The van der Waals surface area contributed by atoms with Gasteiger partial charge >= 0.3 is 0 Å². The van der Waals surface area contributed by atoms with Gasteiger partial charge in [0.2, 0.25) is 0 Å². The maximum Gasteiger partial charge on any atom is 0.0630 e. The number of nitrogens with zero attached hydrogens (tertiary/aromatic N) is 1. The fraction of sp³-hybridized carbons (Fsp3) is 0.143. The lowest BCUT2D eigenvalue weighted by Crippen LogP contribution is -2.24. The molecular formula is C21H23ClN2. The van der Waals surface area contributed by atoms with Crippen molar-refractivity contribution < 1.29 is 0 Å². The number of nitrogens with one attached hydrogen (secondary N) is 1. The van der Waals surface area contributed by atoms with Gasteiger partial charge in [-0.05, 0) is 57.2 Å². The smallest absolute Gasteiger partial charge is 0.0630 e. The number of hydrazine groups is 1. The lowest BCUT2D eigenvalue weighted by Gasteiger charge is -2.27. The molecule has 3 heteroatoms. The molecule has 0 saturated carbocycles. The van der Waals surface area contributed by atoms with Gasteiger partial charge in [0.15, 0.2) is 0 Å². The third-order valence-electron chi connectivity index (χ3n) is 3.88. The number of halogens is 1. The Bertz CT molecular complexity index is 717. The molecule has 3 aromatic rings. The SMILES string of the molecule is Cc1ccc(NN(c2ccc(C)cc2)c2ccc(C)cc2)cc1.Cl. The van der Waals surface area contributed by atoms with E-state index < -0.39 is 0 Å². The minimum Gasteiger partial charge on any atom is -0.294 e. The summed E-state index contributed by atoms with van der Waals surface area (Å²) in [6.45, 7) is 6.31. The van der Waals surface area contributed by atoms with Crippen LogP contribution in [-0.2, 0) is 0 Å². The van der Waals surface area contributed by atoms with Crippen LogP contribution in [0, 0.1) is 20.8 Å². The molecule has 2 nitrogen and oxygen atoms in total. The van der Waals surface area contributed by atoms with Crippen LogP contribution in [-0.4, -0.2) is 0 Å². The van der Waals surface area contributed by atoms with E-state index in [-0.39, 0.29) is 12.4 Å². The third-order valence-corrected chi connectivity index (χ3v) is 3.88. The van der Waals surface area contributed by atoms with Crippen LogP contribution in [0.5, 0.6) is 0 Å². The van der Waals surface area contributed by atoms with Crippen molar-refractivity contribution >= 4 is 29.5 Å². The van der Waals surface area contributed by atoms with Gasteiger partial charge in [0.05, 0.1) is 17.1 Å². The number of aryl methyl sites for hydroxylation is 3. The second-order valence-electron chi connectivity index (χ2n) is 5.98. The number of anilines is 3. The summed E-state index contributed by atoms with van der Waals surface area (Å²) in [5.41, 5.74) is 10.6. The van der Waals surface area contributed by atoms with Gasteiger partial charge in [-0.25, -0.2) is 0 Å². The van der Waals surface area contributed by atoms with Crippen LogP contribution in [0.4, 0.5) is 17.1 Å². The lowest BCUT2D eigenvalue weighted by molar-refractivity contribution is 1.16. The zero-order valence-corrected chi connectivity index (χ0v) is 15.1. The maximum atomic E-state index is 3.51. The van der Waals surface area contributed by atoms with E-state index in [1.807, 2.05) is 0 Å². The monoisotopic (exact) mass is 338 g/mol. The van der Waals surface area contributed by atoms with Crippen molar-refractivity contribution in [3.63, 3.8) is 0 Å². The summed E-state index contributed by atoms with van der Waals surface area (Å²) < 4.78 is 0. The molecule has 0 heterocycles. The highest BCUT2D eigenvalue weighted by atomic mass is 35.5. The van der Waals surface area contributed by atoms with E-state index in [2.05, 4.69) is 104 Å². The average Bonchev–Trinajstić information content (AvgIpc) is 2.56. The quantitative estimate of drug-likeness (QED) is 0.570. The summed E-state index contributed by atoms with van der Waals surface area (Å²) in [5.74, 6) is 0. The first-order chi connectivity index (χ1) is 11.1. The van der Waals surface area contributed by atoms with Crippen LogP contribution in [0.2, 0.25) is 0 Å². The predicted octanol–water partition coefficient (Wildman–Crippen LogP) is 6.20. The Morgan fingerprint density at radius 2 is 0.875 bits per heavy atom. The van der Waals surface area contributed by atoms with Crippen LogP contribution in [0.15, 0.2) is 72.8 Å². The topological polar surface area (TPSA) is 15.3 Å². The summed E-state index contributed by atoms with van der Waals surface area (Å²) in [6, 6.07) is 25.5. The normalized spacial score (nSPS) is 9.96. The van der Waals surface area contributed by atoms with Crippen molar-refractivity contribution in [2.75, 3.05) is 10.4 Å². The molecule has 124 valence electrons. The summed E-state index contributed by atoms with van der Waals surface area (Å²) in [4.78, 5) is 0. The van der Waals surface area contributed by atoms with Crippen molar-refractivity contribution in [1.29, 1.82) is 0 Å². The minimum absolute atomic E-state index is 0. The van der Waals surface area contributed by atoms with E-state index in [1.54, 1.807) is 0 Å². The van der Waals surface area contributed by atoms with E-state index in [1.165, 1.54) is 16.7 Å². The van der Waals surface area contributed by atoms with Crippen molar-refractivity contribution in [3.8, 4) is 0 Å². The summed E-state index contributed by atoms with van der Waals surface area (Å²) in [5, 5.41) is 2.11. The Hall–Kier alpha value is -2.45. The van der Waals surface area contributed by atoms with Gasteiger partial charge in [-0.1, -0.05) is 53.1 Å². The molecule has 0 fully saturated rings. The third kappa shape index (κ3) is 4.30. The first-order valence-corrected chi connectivity index (χ1v) is 7.88. The van der Waals surface area contributed by atoms with Gasteiger partial charge in [-0.15, -0.1) is 12.4 Å². The second-order valence-corrected chi connectivity index (χ2v) is 5.98. The lowest BCUT2D eigenvalue weighted by atomic mass is 10.2. The van der Waals surface area contributed by atoms with Gasteiger partial charge in [-0.2, -0.15) is 0 Å². The molecule has 0 aliphatic carbocycles. The van der Waals surface area contributed by atoms with E-state index in [0.29, 0.717) is 0 Å². The second kappa shape index (κ2) is 7.89. The van der Waals surface area contributed by atoms with Crippen molar-refractivity contribution in [1.82, 2.24) is 0 Å². The van der Waals surface area contributed by atoms with Crippen LogP contribution in [0.1, 0.15) is 16.7 Å². The van der Waals surface area contributed by atoms with Crippen LogP contribution in [0.3, 0.4) is 0 Å². The number of benzene rings is 3. The maximum absolute atomic E-state index is 3.51. The van der Waals surface area contributed by atoms with Crippen LogP contribution >= 0.6 is 12.4 Å². The fourth-order valence-electron chi connectivity index (χ4n) is 2.42. The van der Waals surface area contributed by atoms with E-state index in [9.17, 15) is 0 Å². The molecule has 0 aromatic heterocycles. The van der Waals surface area contributed by atoms with Gasteiger partial charge in [-0.3, -0.25) is 10.4 Å². The molecular weight excluding hydrogens is 316 g/mol. The Kier molecular flexibility index (Phi) is 5.88. The fourth-order valence-corrected chi connectivity index (χ4v) is 2.42. The Labute approximate surface area is 150 Å². The predicted molar refractivity (Wildman–Crippen MR) is 107 cm³/mol. The number of hydrogen-bond acceptors (Lipinski definition) is 2. The highest BCUT2D eigenvalue weighted by Crippen LogP contribution is 2.27. The van der Waals surface area contributed by atoms with Gasteiger partial charge in [0.25, 0.3) is 0 Å². The molecule has 0 atom stereocenters. The molecule has 0 spiro atoms. The summed E-state index contributed by atoms with van der Waals surface area (Å²) >= 11 is 0. The van der Waals surface area contributed by atoms with Crippen molar-refractivity contribution in [3.05, 3.63) is 89.5 Å². The standard InChI is InChI=1S/C21H22N2.ClH/c1-16-4-10-19(11-5-16)22-23(20-12-6-17(2)7-13-20)21-14-8-18(3)9-15-21;/h4-15,22H,1-3H3;1H. The molecule has 3 aromatic carbocycles. The van der Waals surface area contributed by atoms with Crippen LogP contribution in [0.25, 0.3) is 0 Å². The largest absolute Gasteiger partial charge is 0.294 e. The zero-order chi connectivity index (χ0) is 16.2. The Morgan fingerprint density at radius 1 is 0.542 bits per heavy atom. The van der Waals surface area contributed by atoms with E-state index >= 15 is 0 Å². The summed E-state index contributed by atoms with van der Waals surface area (Å²) in [6.07, 6.45) is 0. The Balaban J connectivity index is 0.00000208. The van der Waals surface area contributed by atoms with Crippen LogP contribution < -0.4 is 10.4 Å². The molecule has 0 amide bonds. The molecule has 3 rings (SSSR count). The molecule has 0 unspecified atom stereocenters. The number of hydrogen-bond donors (Lipinski definition) is 1. The first kappa shape index (κ1) is 17.9. The van der Waals surface area contributed by atoms with E-state index in [4.69, 9.17) is 0 Å². The van der Waals surface area contributed by atoms with Crippen molar-refractivity contribution in [2.24, 2.45) is 0 Å². The van der Waals surface area contributed by atoms with Gasteiger partial charge in [0, 0.05) is 0 Å². The molecule has 0 aliphatic heterocycles. The van der Waals surface area contributed by atoms with Gasteiger partial charge < -0.3 is 0 Å². The molecule has 0 radical (unpaired) electrons. The van der Waals surface area contributed by atoms with Crippen molar-refractivity contribution in [2.45, 2.75) is 20.8 Å². The van der Waals surface area contributed by atoms with Gasteiger partial charge in [0.1, 0.15) is 0 Å². The average molecular weight is 339 g/mol. The molecule has 1 N–H and O–H groups in total. The zero-order valence-electron chi connectivity index (χ0n) is 14.3.